The molecule has 4 aliphatic rings. The van der Waals surface area contributed by atoms with Gasteiger partial charge in [-0.05, 0) is 44.2 Å². The molecule has 1 nitrogen and oxygen atoms in total. The second-order valence-corrected chi connectivity index (χ2v) is 4.65. The van der Waals surface area contributed by atoms with Gasteiger partial charge in [0.2, 0.25) is 0 Å². The molecule has 0 aromatic rings. The van der Waals surface area contributed by atoms with Crippen molar-refractivity contribution in [2.24, 2.45) is 5.92 Å². The monoisotopic (exact) mass is 175 g/mol. The summed E-state index contributed by atoms with van der Waals surface area (Å²) in [7, 11) is 2.28. The Morgan fingerprint density at radius 3 is 3.15 bits per heavy atom. The first kappa shape index (κ1) is 7.81. The van der Waals surface area contributed by atoms with E-state index in [1.54, 1.807) is 11.1 Å². The summed E-state index contributed by atoms with van der Waals surface area (Å²) in [6.45, 7) is 1.32. The third kappa shape index (κ3) is 1.03. The smallest absolute Gasteiger partial charge is 0.0345 e. The van der Waals surface area contributed by atoms with Crippen LogP contribution in [-0.4, -0.2) is 24.5 Å². The number of nitrogens with zero attached hydrogens (tertiary/aromatic N) is 1. The maximum absolute atomic E-state index is 2.54. The van der Waals surface area contributed by atoms with E-state index in [2.05, 4.69) is 24.1 Å². The summed E-state index contributed by atoms with van der Waals surface area (Å²) in [4.78, 5) is 2.54. The minimum atomic E-state index is 0.761. The molecule has 2 bridgehead atoms. The van der Waals surface area contributed by atoms with Gasteiger partial charge in [-0.1, -0.05) is 17.7 Å². The summed E-state index contributed by atoms with van der Waals surface area (Å²) < 4.78 is 0. The molecule has 0 saturated carbocycles. The van der Waals surface area contributed by atoms with Crippen LogP contribution in [0.4, 0.5) is 0 Å². The van der Waals surface area contributed by atoms with Gasteiger partial charge < -0.3 is 0 Å². The van der Waals surface area contributed by atoms with Crippen molar-refractivity contribution in [3.05, 3.63) is 23.3 Å². The summed E-state index contributed by atoms with van der Waals surface area (Å²) in [6.07, 6.45) is 10.2. The zero-order valence-electron chi connectivity index (χ0n) is 8.29. The zero-order valence-corrected chi connectivity index (χ0v) is 8.29. The highest BCUT2D eigenvalue weighted by molar-refractivity contribution is 5.39. The van der Waals surface area contributed by atoms with Crippen molar-refractivity contribution < 1.29 is 0 Å². The van der Waals surface area contributed by atoms with Crippen molar-refractivity contribution in [3.8, 4) is 0 Å². The Morgan fingerprint density at radius 2 is 2.31 bits per heavy atom. The number of fused-ring (bicyclic) bond motifs is 2. The second kappa shape index (κ2) is 2.71. The Kier molecular flexibility index (Phi) is 1.63. The largest absolute Gasteiger partial charge is 0.299 e. The van der Waals surface area contributed by atoms with Crippen LogP contribution in [0.3, 0.4) is 0 Å². The Bertz CT molecular complexity index is 287. The SMILES string of the molecule is CN1CC2CCC1C1=C2CCC=C1. The number of allylic oxidation sites excluding steroid dienone is 1. The summed E-state index contributed by atoms with van der Waals surface area (Å²) in [5.41, 5.74) is 3.48. The highest BCUT2D eigenvalue weighted by Gasteiger charge is 2.37. The molecule has 1 saturated heterocycles. The molecule has 13 heavy (non-hydrogen) atoms. The van der Waals surface area contributed by atoms with Gasteiger partial charge in [-0.3, -0.25) is 4.90 Å². The molecule has 70 valence electrons. The van der Waals surface area contributed by atoms with Crippen molar-refractivity contribution in [1.29, 1.82) is 0 Å². The molecule has 0 aromatic carbocycles. The van der Waals surface area contributed by atoms with Crippen molar-refractivity contribution in [2.45, 2.75) is 31.7 Å². The normalized spacial score (nSPS) is 38.2. The van der Waals surface area contributed by atoms with Gasteiger partial charge in [0.1, 0.15) is 0 Å². The second-order valence-electron chi connectivity index (χ2n) is 4.65. The van der Waals surface area contributed by atoms with Crippen LogP contribution >= 0.6 is 0 Å². The molecule has 2 heterocycles. The van der Waals surface area contributed by atoms with E-state index in [-0.39, 0.29) is 0 Å². The molecule has 2 unspecified atom stereocenters. The molecule has 0 amide bonds. The van der Waals surface area contributed by atoms with Gasteiger partial charge in [-0.25, -0.2) is 0 Å². The number of likely N-dealkylation sites (N-methyl/N-ethyl adjacent to an activating group) is 1. The van der Waals surface area contributed by atoms with E-state index >= 15 is 0 Å². The predicted octanol–water partition coefficient (Wildman–Crippen LogP) is 2.36. The van der Waals surface area contributed by atoms with Crippen LogP contribution in [0.2, 0.25) is 0 Å². The van der Waals surface area contributed by atoms with Crippen LogP contribution in [0.15, 0.2) is 23.3 Å². The third-order valence-corrected chi connectivity index (χ3v) is 3.93. The van der Waals surface area contributed by atoms with Gasteiger partial charge in [0, 0.05) is 12.6 Å². The van der Waals surface area contributed by atoms with Crippen LogP contribution in [0.25, 0.3) is 0 Å². The van der Waals surface area contributed by atoms with Crippen molar-refractivity contribution >= 4 is 0 Å². The average Bonchev–Trinajstić information content (AvgIpc) is 2.19. The molecule has 0 radical (unpaired) electrons. The summed E-state index contributed by atoms with van der Waals surface area (Å²) >= 11 is 0. The summed E-state index contributed by atoms with van der Waals surface area (Å²) in [6, 6.07) is 0.761. The first-order chi connectivity index (χ1) is 6.36. The molecule has 2 atom stereocenters. The van der Waals surface area contributed by atoms with Crippen molar-refractivity contribution in [2.75, 3.05) is 13.6 Å². The van der Waals surface area contributed by atoms with Crippen LogP contribution in [0.5, 0.6) is 0 Å². The van der Waals surface area contributed by atoms with E-state index in [0.29, 0.717) is 0 Å². The zero-order chi connectivity index (χ0) is 8.84. The van der Waals surface area contributed by atoms with Crippen molar-refractivity contribution in [1.82, 2.24) is 4.90 Å². The molecule has 1 heteroatoms. The minimum Gasteiger partial charge on any atom is -0.299 e. The molecule has 4 rings (SSSR count). The van der Waals surface area contributed by atoms with Crippen LogP contribution in [-0.2, 0) is 0 Å². The molecule has 2 aliphatic heterocycles. The average molecular weight is 175 g/mol. The number of hydrogen-bond acceptors (Lipinski definition) is 1. The minimum absolute atomic E-state index is 0.761. The lowest BCUT2D eigenvalue weighted by Gasteiger charge is -2.46. The number of hydrogen-bond donors (Lipinski definition) is 0. The Labute approximate surface area is 80.1 Å². The van der Waals surface area contributed by atoms with Gasteiger partial charge in [0.25, 0.3) is 0 Å². The molecule has 1 fully saturated rings. The molecule has 0 spiro atoms. The van der Waals surface area contributed by atoms with Crippen molar-refractivity contribution in [3.63, 3.8) is 0 Å². The van der Waals surface area contributed by atoms with Gasteiger partial charge >= 0.3 is 0 Å². The van der Waals surface area contributed by atoms with Crippen LogP contribution in [0.1, 0.15) is 25.7 Å². The first-order valence-corrected chi connectivity index (χ1v) is 5.46. The molecule has 2 aliphatic carbocycles. The predicted molar refractivity (Wildman–Crippen MR) is 54.5 cm³/mol. The highest BCUT2D eigenvalue weighted by Crippen LogP contribution is 2.42. The third-order valence-electron chi connectivity index (χ3n) is 3.93. The Hall–Kier alpha value is -0.560. The first-order valence-electron chi connectivity index (χ1n) is 5.46. The summed E-state index contributed by atoms with van der Waals surface area (Å²) in [5, 5.41) is 0. The number of piperidine rings is 1. The fourth-order valence-electron chi connectivity index (χ4n) is 3.29. The molecular weight excluding hydrogens is 158 g/mol. The quantitative estimate of drug-likeness (QED) is 0.546. The van der Waals surface area contributed by atoms with E-state index in [4.69, 9.17) is 0 Å². The fourth-order valence-corrected chi connectivity index (χ4v) is 3.29. The maximum atomic E-state index is 2.54. The van der Waals surface area contributed by atoms with Gasteiger partial charge in [-0.15, -0.1) is 0 Å². The molecule has 0 N–H and O–H groups in total. The van der Waals surface area contributed by atoms with E-state index in [1.807, 2.05) is 0 Å². The number of rotatable bonds is 0. The Morgan fingerprint density at radius 1 is 1.38 bits per heavy atom. The fraction of sp³-hybridized carbons (Fsp3) is 0.667. The standard InChI is InChI=1S/C12H17N/c1-13-8-9-6-7-12(13)11-5-3-2-4-10(9)11/h3,5,9,12H,2,4,6-8H2,1H3. The topological polar surface area (TPSA) is 3.24 Å². The maximum Gasteiger partial charge on any atom is 0.0345 e. The van der Waals surface area contributed by atoms with Gasteiger partial charge in [-0.2, -0.15) is 0 Å². The van der Waals surface area contributed by atoms with E-state index in [9.17, 15) is 0 Å². The van der Waals surface area contributed by atoms with Crippen LogP contribution in [0, 0.1) is 5.92 Å². The molecule has 0 aromatic heterocycles. The van der Waals surface area contributed by atoms with Gasteiger partial charge in [0.05, 0.1) is 0 Å². The van der Waals surface area contributed by atoms with Crippen LogP contribution < -0.4 is 0 Å². The lowest BCUT2D eigenvalue weighted by molar-refractivity contribution is 0.151. The van der Waals surface area contributed by atoms with E-state index < -0.39 is 0 Å². The lowest BCUT2D eigenvalue weighted by atomic mass is 9.72. The van der Waals surface area contributed by atoms with Gasteiger partial charge in [0.15, 0.2) is 0 Å². The molecular formula is C12H17N. The van der Waals surface area contributed by atoms with E-state index in [1.165, 1.54) is 32.2 Å². The Balaban J connectivity index is 2.06. The lowest BCUT2D eigenvalue weighted by Crippen LogP contribution is -2.47. The summed E-state index contributed by atoms with van der Waals surface area (Å²) in [5.74, 6) is 0.898. The van der Waals surface area contributed by atoms with E-state index in [0.717, 1.165) is 12.0 Å². The highest BCUT2D eigenvalue weighted by atomic mass is 15.1.